The fourth-order valence-corrected chi connectivity index (χ4v) is 2.62. The van der Waals surface area contributed by atoms with E-state index in [1.807, 2.05) is 0 Å². The van der Waals surface area contributed by atoms with Crippen LogP contribution in [0.1, 0.15) is 20.3 Å². The van der Waals surface area contributed by atoms with Crippen LogP contribution in [0.3, 0.4) is 0 Å². The van der Waals surface area contributed by atoms with E-state index in [4.69, 9.17) is 33.7 Å². The van der Waals surface area contributed by atoms with Gasteiger partial charge in [-0.3, -0.25) is 9.59 Å². The highest BCUT2D eigenvalue weighted by Gasteiger charge is 2.36. The van der Waals surface area contributed by atoms with Crippen LogP contribution in [0.25, 0.3) is 0 Å². The average Bonchev–Trinajstić information content (AvgIpc) is 2.91. The zero-order valence-electron chi connectivity index (χ0n) is 15.8. The van der Waals surface area contributed by atoms with Gasteiger partial charge in [-0.25, -0.2) is 14.6 Å². The molecule has 0 aliphatic carbocycles. The Hall–Kier alpha value is -2.91. The molecule has 3 amide bonds. The van der Waals surface area contributed by atoms with E-state index in [9.17, 15) is 14.4 Å². The first-order valence-electron chi connectivity index (χ1n) is 8.50. The highest BCUT2D eigenvalue weighted by atomic mass is 35.5. The molecule has 154 valence electrons. The lowest BCUT2D eigenvalue weighted by Crippen LogP contribution is -2.47. The van der Waals surface area contributed by atoms with Crippen molar-refractivity contribution >= 4 is 58.7 Å². The molecular formula is C18H19Cl2N5O4. The van der Waals surface area contributed by atoms with Crippen molar-refractivity contribution in [3.8, 4) is 0 Å². The molecule has 0 saturated carbocycles. The Kier molecular flexibility index (Phi) is 7.35. The molecule has 0 bridgehead atoms. The summed E-state index contributed by atoms with van der Waals surface area (Å²) in [5.41, 5.74) is 6.18. The maximum atomic E-state index is 12.3. The zero-order chi connectivity index (χ0) is 21.7. The number of ether oxygens (including phenoxy) is 1. The van der Waals surface area contributed by atoms with Crippen molar-refractivity contribution < 1.29 is 19.1 Å². The second-order valence-corrected chi connectivity index (χ2v) is 6.90. The van der Waals surface area contributed by atoms with Crippen LogP contribution >= 0.6 is 23.2 Å². The fraction of sp³-hybridized carbons (Fsp3) is 0.278. The normalized spacial score (nSPS) is 14.3. The molecule has 2 N–H and O–H groups in total. The van der Waals surface area contributed by atoms with Gasteiger partial charge in [-0.15, -0.1) is 6.58 Å². The minimum absolute atomic E-state index is 0.117. The van der Waals surface area contributed by atoms with E-state index in [0.29, 0.717) is 6.42 Å². The lowest BCUT2D eigenvalue weighted by molar-refractivity contribution is -0.134. The van der Waals surface area contributed by atoms with Gasteiger partial charge in [0, 0.05) is 6.04 Å². The number of hydrogen-bond donors (Lipinski definition) is 1. The summed E-state index contributed by atoms with van der Waals surface area (Å²) < 4.78 is 5.11. The van der Waals surface area contributed by atoms with Crippen LogP contribution in [0.15, 0.2) is 40.8 Å². The highest BCUT2D eigenvalue weighted by molar-refractivity contribution is 6.52. The van der Waals surface area contributed by atoms with Crippen molar-refractivity contribution in [2.24, 2.45) is 15.7 Å². The summed E-state index contributed by atoms with van der Waals surface area (Å²) in [5.74, 6) is -2.58. The molecule has 0 unspecified atom stereocenters. The lowest BCUT2D eigenvalue weighted by atomic mass is 10.3. The molecule has 0 radical (unpaired) electrons. The Morgan fingerprint density at radius 2 is 2.07 bits per heavy atom. The lowest BCUT2D eigenvalue weighted by Gasteiger charge is -2.25. The zero-order valence-corrected chi connectivity index (χ0v) is 17.3. The second kappa shape index (κ2) is 9.53. The SMILES string of the molecule is C=CCCOC(=O)N(C(N)=NC1=NC(=O)C(=O)N1c1ccc(Cl)c(Cl)c1)C(C)C. The Bertz CT molecular complexity index is 914. The van der Waals surface area contributed by atoms with Gasteiger partial charge >= 0.3 is 17.9 Å². The van der Waals surface area contributed by atoms with E-state index in [1.54, 1.807) is 19.9 Å². The monoisotopic (exact) mass is 439 g/mol. The molecule has 1 aromatic rings. The number of hydrogen-bond acceptors (Lipinski definition) is 5. The summed E-state index contributed by atoms with van der Waals surface area (Å²) >= 11 is 11.9. The van der Waals surface area contributed by atoms with Gasteiger partial charge in [0.05, 0.1) is 22.3 Å². The smallest absolute Gasteiger partial charge is 0.416 e. The fourth-order valence-electron chi connectivity index (χ4n) is 2.33. The van der Waals surface area contributed by atoms with Gasteiger partial charge in [-0.1, -0.05) is 29.3 Å². The highest BCUT2D eigenvalue weighted by Crippen LogP contribution is 2.29. The minimum Gasteiger partial charge on any atom is -0.449 e. The number of aliphatic imine (C=N–C) groups is 2. The van der Waals surface area contributed by atoms with E-state index in [2.05, 4.69) is 16.6 Å². The number of anilines is 1. The van der Waals surface area contributed by atoms with Gasteiger partial charge < -0.3 is 10.5 Å². The summed E-state index contributed by atoms with van der Waals surface area (Å²) in [7, 11) is 0. The number of carbonyl (C=O) groups is 3. The van der Waals surface area contributed by atoms with E-state index in [1.165, 1.54) is 18.2 Å². The molecule has 2 rings (SSSR count). The third-order valence-corrected chi connectivity index (χ3v) is 4.41. The van der Waals surface area contributed by atoms with Crippen LogP contribution < -0.4 is 10.6 Å². The van der Waals surface area contributed by atoms with Gasteiger partial charge in [0.25, 0.3) is 0 Å². The molecule has 29 heavy (non-hydrogen) atoms. The predicted molar refractivity (Wildman–Crippen MR) is 111 cm³/mol. The summed E-state index contributed by atoms with van der Waals surface area (Å²) in [6.07, 6.45) is 1.33. The second-order valence-electron chi connectivity index (χ2n) is 6.08. The van der Waals surface area contributed by atoms with Gasteiger partial charge in [-0.05, 0) is 38.5 Å². The molecular weight excluding hydrogens is 421 g/mol. The Balaban J connectivity index is 2.36. The number of rotatable bonds is 5. The van der Waals surface area contributed by atoms with Crippen LogP contribution in [0, 0.1) is 0 Å². The summed E-state index contributed by atoms with van der Waals surface area (Å²) in [6.45, 7) is 7.06. The number of carbonyl (C=O) groups excluding carboxylic acids is 3. The quantitative estimate of drug-likeness (QED) is 0.248. The Labute approximate surface area is 177 Å². The van der Waals surface area contributed by atoms with E-state index in [-0.39, 0.29) is 34.3 Å². The number of guanidine groups is 2. The number of nitrogens with two attached hydrogens (primary N) is 1. The molecule has 9 nitrogen and oxygen atoms in total. The summed E-state index contributed by atoms with van der Waals surface area (Å²) in [4.78, 5) is 46.1. The third-order valence-electron chi connectivity index (χ3n) is 3.67. The Morgan fingerprint density at radius 1 is 1.38 bits per heavy atom. The largest absolute Gasteiger partial charge is 0.449 e. The van der Waals surface area contributed by atoms with Crippen molar-refractivity contribution in [2.45, 2.75) is 26.3 Å². The first-order valence-corrected chi connectivity index (χ1v) is 9.26. The molecule has 1 heterocycles. The molecule has 1 aliphatic rings. The minimum atomic E-state index is -1.03. The van der Waals surface area contributed by atoms with Crippen molar-refractivity contribution in [3.05, 3.63) is 40.9 Å². The van der Waals surface area contributed by atoms with E-state index >= 15 is 0 Å². The van der Waals surface area contributed by atoms with Gasteiger partial charge in [0.1, 0.15) is 0 Å². The van der Waals surface area contributed by atoms with Gasteiger partial charge in [0.15, 0.2) is 0 Å². The molecule has 0 aromatic heterocycles. The standard InChI is InChI=1S/C18H19Cl2N5O4/c1-4-5-8-29-18(28)24(10(2)3)16(21)23-17-22-14(26)15(27)25(17)11-6-7-12(19)13(20)9-11/h4,6-7,9-10H,1,5,8H2,2-3H3,(H2,21,22,23,26). The van der Waals surface area contributed by atoms with Crippen LogP contribution in [-0.4, -0.2) is 47.4 Å². The maximum absolute atomic E-state index is 12.3. The Morgan fingerprint density at radius 3 is 2.66 bits per heavy atom. The van der Waals surface area contributed by atoms with Crippen LogP contribution in [-0.2, 0) is 14.3 Å². The summed E-state index contributed by atoms with van der Waals surface area (Å²) in [5, 5.41) is 0.436. The third kappa shape index (κ3) is 5.12. The maximum Gasteiger partial charge on any atom is 0.416 e. The van der Waals surface area contributed by atoms with Gasteiger partial charge in [0.2, 0.25) is 11.9 Å². The van der Waals surface area contributed by atoms with Crippen molar-refractivity contribution in [3.63, 3.8) is 0 Å². The van der Waals surface area contributed by atoms with E-state index < -0.39 is 23.9 Å². The number of halogens is 2. The molecule has 0 saturated heterocycles. The van der Waals surface area contributed by atoms with Crippen LogP contribution in [0.2, 0.25) is 10.0 Å². The number of benzene rings is 1. The van der Waals surface area contributed by atoms with Gasteiger partial charge in [-0.2, -0.15) is 9.98 Å². The molecule has 1 aliphatic heterocycles. The van der Waals surface area contributed by atoms with Crippen molar-refractivity contribution in [1.29, 1.82) is 0 Å². The summed E-state index contributed by atoms with van der Waals surface area (Å²) in [6, 6.07) is 3.89. The first kappa shape index (κ1) is 22.4. The molecule has 0 fully saturated rings. The number of nitrogens with zero attached hydrogens (tertiary/aromatic N) is 4. The number of amides is 3. The van der Waals surface area contributed by atoms with Crippen LogP contribution in [0.5, 0.6) is 0 Å². The average molecular weight is 440 g/mol. The molecule has 0 spiro atoms. The van der Waals surface area contributed by atoms with E-state index in [0.717, 1.165) is 9.80 Å². The first-order chi connectivity index (χ1) is 13.7. The molecule has 1 aromatic carbocycles. The van der Waals surface area contributed by atoms with Crippen molar-refractivity contribution in [1.82, 2.24) is 4.90 Å². The predicted octanol–water partition coefficient (Wildman–Crippen LogP) is 2.96. The van der Waals surface area contributed by atoms with Crippen LogP contribution in [0.4, 0.5) is 10.5 Å². The molecule has 0 atom stereocenters. The molecule has 11 heteroatoms. The topological polar surface area (TPSA) is 118 Å². The van der Waals surface area contributed by atoms with Crippen molar-refractivity contribution in [2.75, 3.05) is 11.5 Å².